The molecule has 1 unspecified atom stereocenters. The SMILES string of the molecule is CCOc1cc(NCCCC(C)CN)nc(C)n1. The number of aryl methyl sites for hydroxylation is 1. The van der Waals surface area contributed by atoms with Crippen molar-refractivity contribution in [2.75, 3.05) is 25.0 Å². The van der Waals surface area contributed by atoms with Crippen molar-refractivity contribution >= 4 is 5.82 Å². The first-order valence-electron chi connectivity index (χ1n) is 6.58. The minimum Gasteiger partial charge on any atom is -0.478 e. The molecule has 0 amide bonds. The average Bonchev–Trinajstić information content (AvgIpc) is 2.34. The number of nitrogens with one attached hydrogen (secondary N) is 1. The number of rotatable bonds is 8. The Morgan fingerprint density at radius 3 is 2.89 bits per heavy atom. The maximum atomic E-state index is 5.58. The quantitative estimate of drug-likeness (QED) is 0.692. The van der Waals surface area contributed by atoms with Gasteiger partial charge in [-0.15, -0.1) is 0 Å². The minimum atomic E-state index is 0.581. The third-order valence-corrected chi connectivity index (χ3v) is 2.69. The van der Waals surface area contributed by atoms with Gasteiger partial charge in [0.15, 0.2) is 0 Å². The summed E-state index contributed by atoms with van der Waals surface area (Å²) in [6, 6.07) is 1.84. The second kappa shape index (κ2) is 7.87. The Morgan fingerprint density at radius 2 is 2.22 bits per heavy atom. The van der Waals surface area contributed by atoms with E-state index in [1.807, 2.05) is 19.9 Å². The second-order valence-electron chi connectivity index (χ2n) is 4.48. The molecule has 1 aromatic rings. The van der Waals surface area contributed by atoms with Crippen LogP contribution in [0.4, 0.5) is 5.82 Å². The number of hydrogen-bond donors (Lipinski definition) is 2. The van der Waals surface area contributed by atoms with Crippen molar-refractivity contribution in [3.05, 3.63) is 11.9 Å². The van der Waals surface area contributed by atoms with E-state index in [4.69, 9.17) is 10.5 Å². The fraction of sp³-hybridized carbons (Fsp3) is 0.692. The molecule has 0 spiro atoms. The molecule has 0 aliphatic heterocycles. The zero-order valence-electron chi connectivity index (χ0n) is 11.6. The molecular formula is C13H24N4O. The third kappa shape index (κ3) is 5.31. The molecule has 0 radical (unpaired) electrons. The highest BCUT2D eigenvalue weighted by atomic mass is 16.5. The minimum absolute atomic E-state index is 0.581. The fourth-order valence-electron chi connectivity index (χ4n) is 1.64. The van der Waals surface area contributed by atoms with E-state index in [2.05, 4.69) is 22.2 Å². The van der Waals surface area contributed by atoms with Crippen molar-refractivity contribution in [2.24, 2.45) is 11.7 Å². The lowest BCUT2D eigenvalue weighted by Gasteiger charge is -2.10. The highest BCUT2D eigenvalue weighted by molar-refractivity contribution is 5.38. The van der Waals surface area contributed by atoms with Gasteiger partial charge in [-0.05, 0) is 39.2 Å². The number of anilines is 1. The maximum absolute atomic E-state index is 5.58. The lowest BCUT2D eigenvalue weighted by molar-refractivity contribution is 0.325. The number of nitrogens with two attached hydrogens (primary N) is 1. The van der Waals surface area contributed by atoms with Crippen LogP contribution in [0.5, 0.6) is 5.88 Å². The zero-order chi connectivity index (χ0) is 13.4. The van der Waals surface area contributed by atoms with Crippen LogP contribution >= 0.6 is 0 Å². The molecule has 0 saturated heterocycles. The van der Waals surface area contributed by atoms with E-state index >= 15 is 0 Å². The van der Waals surface area contributed by atoms with E-state index in [0.717, 1.165) is 37.6 Å². The number of ether oxygens (including phenoxy) is 1. The molecule has 1 atom stereocenters. The summed E-state index contributed by atoms with van der Waals surface area (Å²) < 4.78 is 5.38. The Morgan fingerprint density at radius 1 is 1.44 bits per heavy atom. The zero-order valence-corrected chi connectivity index (χ0v) is 11.6. The first-order valence-corrected chi connectivity index (χ1v) is 6.58. The lowest BCUT2D eigenvalue weighted by atomic mass is 10.1. The monoisotopic (exact) mass is 252 g/mol. The van der Waals surface area contributed by atoms with E-state index in [1.54, 1.807) is 0 Å². The summed E-state index contributed by atoms with van der Waals surface area (Å²) in [6.45, 7) is 8.24. The molecule has 5 heteroatoms. The first-order chi connectivity index (χ1) is 8.65. The maximum Gasteiger partial charge on any atom is 0.218 e. The Kier molecular flexibility index (Phi) is 6.43. The van der Waals surface area contributed by atoms with Gasteiger partial charge in [-0.1, -0.05) is 6.92 Å². The van der Waals surface area contributed by atoms with Crippen LogP contribution < -0.4 is 15.8 Å². The lowest BCUT2D eigenvalue weighted by Crippen LogP contribution is -2.13. The van der Waals surface area contributed by atoms with E-state index in [1.165, 1.54) is 0 Å². The average molecular weight is 252 g/mol. The van der Waals surface area contributed by atoms with Crippen LogP contribution in [-0.4, -0.2) is 29.7 Å². The van der Waals surface area contributed by atoms with Gasteiger partial charge in [0.05, 0.1) is 6.61 Å². The number of hydrogen-bond acceptors (Lipinski definition) is 5. The third-order valence-electron chi connectivity index (χ3n) is 2.69. The van der Waals surface area contributed by atoms with Crippen LogP contribution in [0.3, 0.4) is 0 Å². The largest absolute Gasteiger partial charge is 0.478 e. The first kappa shape index (κ1) is 14.7. The summed E-state index contributed by atoms with van der Waals surface area (Å²) in [7, 11) is 0. The summed E-state index contributed by atoms with van der Waals surface area (Å²) in [5.41, 5.74) is 5.58. The molecule has 1 heterocycles. The normalized spacial score (nSPS) is 12.2. The summed E-state index contributed by atoms with van der Waals surface area (Å²) in [6.07, 6.45) is 2.22. The predicted octanol–water partition coefficient (Wildman–Crippen LogP) is 1.97. The van der Waals surface area contributed by atoms with E-state index in [9.17, 15) is 0 Å². The molecule has 3 N–H and O–H groups in total. The summed E-state index contributed by atoms with van der Waals surface area (Å²) >= 11 is 0. The van der Waals surface area contributed by atoms with Crippen molar-refractivity contribution in [1.82, 2.24) is 9.97 Å². The molecule has 102 valence electrons. The van der Waals surface area contributed by atoms with E-state index < -0.39 is 0 Å². The van der Waals surface area contributed by atoms with Gasteiger partial charge >= 0.3 is 0 Å². The Bertz CT molecular complexity index is 357. The van der Waals surface area contributed by atoms with Gasteiger partial charge in [-0.25, -0.2) is 4.98 Å². The van der Waals surface area contributed by atoms with Gasteiger partial charge in [0.1, 0.15) is 11.6 Å². The smallest absolute Gasteiger partial charge is 0.218 e. The highest BCUT2D eigenvalue weighted by Crippen LogP contribution is 2.13. The van der Waals surface area contributed by atoms with Gasteiger partial charge in [0, 0.05) is 12.6 Å². The van der Waals surface area contributed by atoms with E-state index in [-0.39, 0.29) is 0 Å². The Labute approximate surface area is 109 Å². The summed E-state index contributed by atoms with van der Waals surface area (Å²) in [4.78, 5) is 8.53. The molecule has 5 nitrogen and oxygen atoms in total. The van der Waals surface area contributed by atoms with Crippen LogP contribution in [0.2, 0.25) is 0 Å². The molecule has 0 saturated carbocycles. The van der Waals surface area contributed by atoms with E-state index in [0.29, 0.717) is 18.4 Å². The van der Waals surface area contributed by atoms with Crippen LogP contribution in [0, 0.1) is 12.8 Å². The van der Waals surface area contributed by atoms with Gasteiger partial charge in [-0.3, -0.25) is 0 Å². The topological polar surface area (TPSA) is 73.1 Å². The molecule has 0 aliphatic rings. The number of aromatic nitrogens is 2. The molecule has 0 bridgehead atoms. The van der Waals surface area contributed by atoms with Gasteiger partial charge in [0.25, 0.3) is 0 Å². The molecule has 0 aliphatic carbocycles. The van der Waals surface area contributed by atoms with Crippen molar-refractivity contribution in [1.29, 1.82) is 0 Å². The molecule has 18 heavy (non-hydrogen) atoms. The standard InChI is InChI=1S/C13H24N4O/c1-4-18-13-8-12(16-11(3)17-13)15-7-5-6-10(2)9-14/h8,10H,4-7,9,14H2,1-3H3,(H,15,16,17). The molecule has 0 fully saturated rings. The van der Waals surface area contributed by atoms with Crippen molar-refractivity contribution in [3.8, 4) is 5.88 Å². The molecule has 1 aromatic heterocycles. The fourth-order valence-corrected chi connectivity index (χ4v) is 1.64. The summed E-state index contributed by atoms with van der Waals surface area (Å²) in [5.74, 6) is 2.76. The molecule has 0 aromatic carbocycles. The van der Waals surface area contributed by atoms with Gasteiger partial charge < -0.3 is 15.8 Å². The van der Waals surface area contributed by atoms with Crippen molar-refractivity contribution in [2.45, 2.75) is 33.6 Å². The number of nitrogens with zero attached hydrogens (tertiary/aromatic N) is 2. The van der Waals surface area contributed by atoms with Crippen LogP contribution in [0.25, 0.3) is 0 Å². The van der Waals surface area contributed by atoms with Crippen LogP contribution in [0.15, 0.2) is 6.07 Å². The predicted molar refractivity (Wildman–Crippen MR) is 73.9 cm³/mol. The molecule has 1 rings (SSSR count). The van der Waals surface area contributed by atoms with Crippen molar-refractivity contribution < 1.29 is 4.74 Å². The van der Waals surface area contributed by atoms with Gasteiger partial charge in [0.2, 0.25) is 5.88 Å². The van der Waals surface area contributed by atoms with Crippen LogP contribution in [0.1, 0.15) is 32.5 Å². The highest BCUT2D eigenvalue weighted by Gasteiger charge is 2.03. The Balaban J connectivity index is 2.41. The second-order valence-corrected chi connectivity index (χ2v) is 4.48. The van der Waals surface area contributed by atoms with Gasteiger partial charge in [-0.2, -0.15) is 4.98 Å². The van der Waals surface area contributed by atoms with Crippen LogP contribution in [-0.2, 0) is 0 Å². The van der Waals surface area contributed by atoms with Crippen molar-refractivity contribution in [3.63, 3.8) is 0 Å². The molecular weight excluding hydrogens is 228 g/mol. The summed E-state index contributed by atoms with van der Waals surface area (Å²) in [5, 5.41) is 3.29. The Hall–Kier alpha value is -1.36.